The Morgan fingerprint density at radius 2 is 1.96 bits per heavy atom. The largest absolute Gasteiger partial charge is 0.380 e. The van der Waals surface area contributed by atoms with Gasteiger partial charge in [-0.1, -0.05) is 30.3 Å². The number of halogens is 1. The molecule has 3 rings (SSSR count). The molecule has 2 aromatic carbocycles. The van der Waals surface area contributed by atoms with Crippen LogP contribution in [0.5, 0.6) is 0 Å². The van der Waals surface area contributed by atoms with Crippen molar-refractivity contribution in [1.29, 1.82) is 0 Å². The van der Waals surface area contributed by atoms with Gasteiger partial charge in [-0.15, -0.1) is 0 Å². The maximum atomic E-state index is 13.9. The summed E-state index contributed by atoms with van der Waals surface area (Å²) in [6.45, 7) is 0.359. The Labute approximate surface area is 164 Å². The summed E-state index contributed by atoms with van der Waals surface area (Å²) < 4.78 is 36.1. The number of carbonyl (C=O) groups is 1. The number of anilines is 1. The molecule has 0 aromatic heterocycles. The van der Waals surface area contributed by atoms with Crippen LogP contribution in [-0.2, 0) is 16.4 Å². The van der Waals surface area contributed by atoms with Crippen LogP contribution < -0.4 is 10.6 Å². The Hall–Kier alpha value is -2.67. The van der Waals surface area contributed by atoms with Gasteiger partial charge in [0.25, 0.3) is 5.91 Å². The minimum Gasteiger partial charge on any atom is -0.380 e. The van der Waals surface area contributed by atoms with Gasteiger partial charge in [-0.25, -0.2) is 12.8 Å². The lowest BCUT2D eigenvalue weighted by Crippen LogP contribution is -2.24. The SMILES string of the molecule is CS(=O)(=O)/C=C/CNC(=O)c1ccc(C2CC2)cc1NCc1ccccc1F. The summed E-state index contributed by atoms with van der Waals surface area (Å²) >= 11 is 0. The number of rotatable bonds is 8. The Balaban J connectivity index is 1.75. The molecule has 0 heterocycles. The van der Waals surface area contributed by atoms with Crippen LogP contribution in [-0.4, -0.2) is 27.1 Å². The van der Waals surface area contributed by atoms with E-state index >= 15 is 0 Å². The molecule has 2 N–H and O–H groups in total. The molecule has 0 aliphatic heterocycles. The number of nitrogens with one attached hydrogen (secondary N) is 2. The first-order chi connectivity index (χ1) is 13.3. The fourth-order valence-corrected chi connectivity index (χ4v) is 3.32. The van der Waals surface area contributed by atoms with E-state index in [2.05, 4.69) is 10.6 Å². The highest BCUT2D eigenvalue weighted by molar-refractivity contribution is 7.93. The Kier molecular flexibility index (Phi) is 6.14. The van der Waals surface area contributed by atoms with Gasteiger partial charge in [0.05, 0.1) is 5.56 Å². The molecule has 0 bridgehead atoms. The molecule has 1 aliphatic rings. The fourth-order valence-electron chi connectivity index (χ4n) is 2.88. The molecule has 0 unspecified atom stereocenters. The van der Waals surface area contributed by atoms with Crippen molar-refractivity contribution in [2.75, 3.05) is 18.1 Å². The van der Waals surface area contributed by atoms with Gasteiger partial charge in [-0.2, -0.15) is 0 Å². The van der Waals surface area contributed by atoms with Gasteiger partial charge in [0.15, 0.2) is 9.84 Å². The van der Waals surface area contributed by atoms with Crippen LogP contribution >= 0.6 is 0 Å². The first-order valence-corrected chi connectivity index (χ1v) is 11.0. The van der Waals surface area contributed by atoms with E-state index < -0.39 is 9.84 Å². The molecule has 2 aromatic rings. The number of sulfone groups is 1. The zero-order valence-electron chi connectivity index (χ0n) is 15.6. The topological polar surface area (TPSA) is 75.3 Å². The Bertz CT molecular complexity index is 998. The van der Waals surface area contributed by atoms with Crippen LogP contribution in [0, 0.1) is 5.82 Å². The van der Waals surface area contributed by atoms with Crippen molar-refractivity contribution < 1.29 is 17.6 Å². The van der Waals surface area contributed by atoms with Gasteiger partial charge < -0.3 is 10.6 Å². The molecular formula is C21H23FN2O3S. The number of hydrogen-bond acceptors (Lipinski definition) is 4. The molecule has 1 saturated carbocycles. The molecular weight excluding hydrogens is 379 g/mol. The van der Waals surface area contributed by atoms with Crippen LogP contribution in [0.1, 0.15) is 40.2 Å². The second kappa shape index (κ2) is 8.56. The lowest BCUT2D eigenvalue weighted by atomic mass is 10.0. The third kappa shape index (κ3) is 5.66. The summed E-state index contributed by atoms with van der Waals surface area (Å²) in [7, 11) is -3.23. The highest BCUT2D eigenvalue weighted by atomic mass is 32.2. The minimum atomic E-state index is -3.23. The van der Waals surface area contributed by atoms with Gasteiger partial charge in [-0.3, -0.25) is 4.79 Å². The number of benzene rings is 2. The standard InChI is InChI=1S/C21H23FN2O3S/c1-28(26,27)12-4-11-23-21(25)18-10-9-16(15-7-8-15)13-20(18)24-14-17-5-2-3-6-19(17)22/h2-6,9-10,12-13,15,24H,7-8,11,14H2,1H3,(H,23,25)/b12-4+. The lowest BCUT2D eigenvalue weighted by Gasteiger charge is -2.14. The number of hydrogen-bond donors (Lipinski definition) is 2. The van der Waals surface area contributed by atoms with Gasteiger partial charge in [0.2, 0.25) is 0 Å². The number of amides is 1. The summed E-state index contributed by atoms with van der Waals surface area (Å²) in [5, 5.41) is 6.91. The monoisotopic (exact) mass is 402 g/mol. The predicted octanol–water partition coefficient (Wildman–Crippen LogP) is 3.60. The van der Waals surface area contributed by atoms with Gasteiger partial charge in [0, 0.05) is 36.0 Å². The molecule has 0 saturated heterocycles. The molecule has 28 heavy (non-hydrogen) atoms. The van der Waals surface area contributed by atoms with E-state index in [4.69, 9.17) is 0 Å². The highest BCUT2D eigenvalue weighted by Gasteiger charge is 2.25. The fraction of sp³-hybridized carbons (Fsp3) is 0.286. The molecule has 1 amide bonds. The van der Waals surface area contributed by atoms with E-state index in [-0.39, 0.29) is 24.8 Å². The third-order valence-corrected chi connectivity index (χ3v) is 5.17. The number of carbonyl (C=O) groups excluding carboxylic acids is 1. The second-order valence-electron chi connectivity index (χ2n) is 6.94. The average molecular weight is 402 g/mol. The van der Waals surface area contributed by atoms with Crippen molar-refractivity contribution in [2.24, 2.45) is 0 Å². The van der Waals surface area contributed by atoms with E-state index in [0.29, 0.717) is 22.7 Å². The van der Waals surface area contributed by atoms with Gasteiger partial charge in [0.1, 0.15) is 5.82 Å². The maximum Gasteiger partial charge on any atom is 0.253 e. The Morgan fingerprint density at radius 3 is 2.64 bits per heavy atom. The summed E-state index contributed by atoms with van der Waals surface area (Å²) in [6, 6.07) is 12.1. The van der Waals surface area contributed by atoms with Crippen LogP contribution in [0.4, 0.5) is 10.1 Å². The van der Waals surface area contributed by atoms with Gasteiger partial charge >= 0.3 is 0 Å². The summed E-state index contributed by atoms with van der Waals surface area (Å²) in [5.74, 6) is -0.106. The van der Waals surface area contributed by atoms with Crippen molar-refractivity contribution in [2.45, 2.75) is 25.3 Å². The molecule has 1 fully saturated rings. The second-order valence-corrected chi connectivity index (χ2v) is 8.87. The predicted molar refractivity (Wildman–Crippen MR) is 108 cm³/mol. The average Bonchev–Trinajstić information content (AvgIpc) is 3.49. The molecule has 0 atom stereocenters. The van der Waals surface area contributed by atoms with E-state index in [9.17, 15) is 17.6 Å². The normalized spacial score (nSPS) is 14.2. The summed E-state index contributed by atoms with van der Waals surface area (Å²) in [6.07, 6.45) is 4.74. The van der Waals surface area contributed by atoms with Crippen molar-refractivity contribution >= 4 is 21.4 Å². The first-order valence-electron chi connectivity index (χ1n) is 9.09. The first kappa shape index (κ1) is 20.1. The minimum absolute atomic E-state index is 0.100. The lowest BCUT2D eigenvalue weighted by molar-refractivity contribution is 0.0958. The van der Waals surface area contributed by atoms with Crippen molar-refractivity contribution in [3.05, 3.63) is 76.5 Å². The maximum absolute atomic E-state index is 13.9. The summed E-state index contributed by atoms with van der Waals surface area (Å²) in [4.78, 5) is 12.6. The molecule has 0 spiro atoms. The van der Waals surface area contributed by atoms with Crippen molar-refractivity contribution in [1.82, 2.24) is 5.32 Å². The van der Waals surface area contributed by atoms with E-state index in [0.717, 1.165) is 30.1 Å². The smallest absolute Gasteiger partial charge is 0.253 e. The third-order valence-electron chi connectivity index (χ3n) is 4.49. The zero-order chi connectivity index (χ0) is 20.1. The molecule has 0 radical (unpaired) electrons. The summed E-state index contributed by atoms with van der Waals surface area (Å²) in [5.41, 5.74) is 2.75. The van der Waals surface area contributed by atoms with E-state index in [1.807, 2.05) is 12.1 Å². The van der Waals surface area contributed by atoms with Crippen molar-refractivity contribution in [3.8, 4) is 0 Å². The zero-order valence-corrected chi connectivity index (χ0v) is 16.4. The molecule has 7 heteroatoms. The van der Waals surface area contributed by atoms with Crippen molar-refractivity contribution in [3.63, 3.8) is 0 Å². The Morgan fingerprint density at radius 1 is 1.21 bits per heavy atom. The molecule has 1 aliphatic carbocycles. The highest BCUT2D eigenvalue weighted by Crippen LogP contribution is 2.41. The van der Waals surface area contributed by atoms with Crippen LogP contribution in [0.25, 0.3) is 0 Å². The van der Waals surface area contributed by atoms with Crippen LogP contribution in [0.2, 0.25) is 0 Å². The van der Waals surface area contributed by atoms with Crippen LogP contribution in [0.3, 0.4) is 0 Å². The van der Waals surface area contributed by atoms with E-state index in [1.165, 1.54) is 12.1 Å². The van der Waals surface area contributed by atoms with Gasteiger partial charge in [-0.05, 0) is 42.5 Å². The van der Waals surface area contributed by atoms with E-state index in [1.54, 1.807) is 24.3 Å². The molecule has 5 nitrogen and oxygen atoms in total. The molecule has 148 valence electrons. The van der Waals surface area contributed by atoms with Crippen LogP contribution in [0.15, 0.2) is 53.9 Å². The quantitative estimate of drug-likeness (QED) is 0.707.